The highest BCUT2D eigenvalue weighted by atomic mass is 32.2. The van der Waals surface area contributed by atoms with Gasteiger partial charge in [0.25, 0.3) is 10.1 Å². The van der Waals surface area contributed by atoms with Gasteiger partial charge >= 0.3 is 21.2 Å². The number of rotatable bonds is 12. The number of amides is 1. The number of fused-ring (bicyclic) bond motifs is 1. The maximum Gasteiger partial charge on any atom is 0.425 e. The summed E-state index contributed by atoms with van der Waals surface area (Å²) in [7, 11) is -16.6. The molecule has 4 aromatic rings. The summed E-state index contributed by atoms with van der Waals surface area (Å²) in [4.78, 5) is 10.8. The first-order chi connectivity index (χ1) is 26.4. The number of carbonyl (C=O) groups excluding carboxylic acids is 1. The molecule has 0 aliphatic carbocycles. The largest absolute Gasteiger partial charge is 0.425 e. The maximum atomic E-state index is 12.2. The Morgan fingerprint density at radius 1 is 0.719 bits per heavy atom. The highest BCUT2D eigenvalue weighted by Gasteiger charge is 2.22. The molecule has 4 rings (SSSR count). The standard InChI is InChI=1S/C20H20N4O7S2.C10H14N2O3S.2O3S/c21-16-3-1-2-13(11-18(22)26)19(16)24-23-17-7-4-12-10-14(32(27,28)9-8-25)5-6-15(12)20(17)33(29,30)31;1-8-7-9(16(14,15)6-5-13)3-4-10(8)12-11-2;2*1-4(2)3/h1-7,10,25H,8-9,11,21H2,(H2,22,26)(H,29,30,31);3-4,7,13H,5-6H2,1-2H3;;. The molecule has 0 aromatic heterocycles. The maximum absolute atomic E-state index is 12.2. The summed E-state index contributed by atoms with van der Waals surface area (Å²) in [5.74, 6) is -1.39. The molecule has 0 heterocycles. The predicted molar refractivity (Wildman–Crippen MR) is 201 cm³/mol. The zero-order valence-electron chi connectivity index (χ0n) is 29.5. The predicted octanol–water partition coefficient (Wildman–Crippen LogP) is 1.34. The molecule has 7 N–H and O–H groups in total. The van der Waals surface area contributed by atoms with Crippen molar-refractivity contribution in [2.24, 2.45) is 26.2 Å². The Kier molecular flexibility index (Phi) is 19.5. The Balaban J connectivity index is 0.000000559. The molecule has 0 radical (unpaired) electrons. The fraction of sp³-hybridized carbons (Fsp3) is 0.233. The number of nitrogens with two attached hydrogens (primary N) is 2. The van der Waals surface area contributed by atoms with Gasteiger partial charge in [-0.3, -0.25) is 9.35 Å². The van der Waals surface area contributed by atoms with E-state index in [4.69, 9.17) is 46.9 Å². The number of anilines is 1. The number of sulfone groups is 2. The van der Waals surface area contributed by atoms with Gasteiger partial charge in [-0.25, -0.2) is 16.8 Å². The molecule has 310 valence electrons. The third-order valence-corrected chi connectivity index (χ3v) is 11.1. The molecule has 27 heteroatoms. The van der Waals surface area contributed by atoms with Crippen LogP contribution in [0.4, 0.5) is 22.7 Å². The van der Waals surface area contributed by atoms with Crippen LogP contribution in [0.3, 0.4) is 0 Å². The molecular weight excluding hydrogens is 861 g/mol. The van der Waals surface area contributed by atoms with Crippen molar-refractivity contribution < 1.29 is 70.1 Å². The molecule has 0 fully saturated rings. The van der Waals surface area contributed by atoms with Gasteiger partial charge in [0.05, 0.1) is 52.3 Å². The molecule has 4 aromatic carbocycles. The Labute approximate surface area is 328 Å². The van der Waals surface area contributed by atoms with Gasteiger partial charge in [-0.15, -0.1) is 35.5 Å². The fourth-order valence-corrected chi connectivity index (χ4v) is 7.50. The lowest BCUT2D eigenvalue weighted by Gasteiger charge is -2.10. The van der Waals surface area contributed by atoms with Crippen LogP contribution >= 0.6 is 0 Å². The molecule has 0 aliphatic rings. The Hall–Kier alpha value is -5.42. The number of aliphatic hydroxyl groups excluding tert-OH is 2. The molecule has 1 amide bonds. The summed E-state index contributed by atoms with van der Waals surface area (Å²) in [5, 5.41) is 33.2. The van der Waals surface area contributed by atoms with Gasteiger partial charge in [0.2, 0.25) is 5.91 Å². The lowest BCUT2D eigenvalue weighted by molar-refractivity contribution is -0.117. The monoisotopic (exact) mass is 894 g/mol. The van der Waals surface area contributed by atoms with Crippen molar-refractivity contribution in [3.05, 3.63) is 77.9 Å². The van der Waals surface area contributed by atoms with E-state index in [1.807, 2.05) is 0 Å². The number of aliphatic hydroxyl groups is 2. The Morgan fingerprint density at radius 2 is 1.23 bits per heavy atom. The van der Waals surface area contributed by atoms with Crippen LogP contribution in [-0.4, -0.2) is 103 Å². The van der Waals surface area contributed by atoms with Gasteiger partial charge in [0.1, 0.15) is 16.3 Å². The van der Waals surface area contributed by atoms with Crippen molar-refractivity contribution >= 4 is 90.4 Å². The fourth-order valence-electron chi connectivity index (χ4n) is 4.50. The molecule has 0 bridgehead atoms. The van der Waals surface area contributed by atoms with Crippen molar-refractivity contribution in [2.75, 3.05) is 37.5 Å². The molecule has 22 nitrogen and oxygen atoms in total. The van der Waals surface area contributed by atoms with E-state index in [1.165, 1.54) is 48.5 Å². The average Bonchev–Trinajstić information content (AvgIpc) is 3.07. The number of hydrogen-bond donors (Lipinski definition) is 5. The summed E-state index contributed by atoms with van der Waals surface area (Å²) in [5.41, 5.74) is 13.0. The van der Waals surface area contributed by atoms with Gasteiger partial charge in [-0.1, -0.05) is 24.3 Å². The zero-order chi connectivity index (χ0) is 43.7. The van der Waals surface area contributed by atoms with Crippen molar-refractivity contribution in [3.8, 4) is 0 Å². The number of hydrogen-bond acceptors (Lipinski definition) is 20. The topological polar surface area (TPSA) is 384 Å². The molecule has 0 saturated carbocycles. The third-order valence-electron chi connectivity index (χ3n) is 6.77. The lowest BCUT2D eigenvalue weighted by Crippen LogP contribution is -2.13. The van der Waals surface area contributed by atoms with Gasteiger partial charge in [0, 0.05) is 12.4 Å². The third kappa shape index (κ3) is 16.3. The second-order valence-corrected chi connectivity index (χ2v) is 17.1. The SMILES string of the molecule is CN=Nc1ccc(S(=O)(=O)CCO)cc1C.NC(=O)Cc1cccc(N)c1N=Nc1ccc2cc(S(=O)(=O)CCO)ccc2c1S(=O)(=O)O.O=S(=O)=O.O=S(=O)=O. The van der Waals surface area contributed by atoms with Crippen LogP contribution < -0.4 is 11.5 Å². The van der Waals surface area contributed by atoms with Crippen molar-refractivity contribution in [1.29, 1.82) is 0 Å². The zero-order valence-corrected chi connectivity index (χ0v) is 33.6. The van der Waals surface area contributed by atoms with E-state index in [2.05, 4.69) is 20.5 Å². The molecule has 0 spiro atoms. The number of benzene rings is 4. The van der Waals surface area contributed by atoms with Crippen LogP contribution in [-0.2, 0) is 62.2 Å². The number of azo groups is 2. The van der Waals surface area contributed by atoms with Gasteiger partial charge < -0.3 is 21.7 Å². The first-order valence-electron chi connectivity index (χ1n) is 15.1. The van der Waals surface area contributed by atoms with E-state index in [9.17, 15) is 34.6 Å². The first kappa shape index (κ1) is 49.6. The molecular formula is C30H34N6O16S5. The molecule has 0 atom stereocenters. The van der Waals surface area contributed by atoms with Crippen LogP contribution in [0, 0.1) is 6.92 Å². The number of carbonyl (C=O) groups is 1. The first-order valence-corrected chi connectivity index (χ1v) is 21.9. The smallest absolute Gasteiger partial charge is 0.397 e. The van der Waals surface area contributed by atoms with Crippen molar-refractivity contribution in [3.63, 3.8) is 0 Å². The van der Waals surface area contributed by atoms with Gasteiger partial charge in [0.15, 0.2) is 19.7 Å². The van der Waals surface area contributed by atoms with Crippen LogP contribution in [0.2, 0.25) is 0 Å². The van der Waals surface area contributed by atoms with Crippen molar-refractivity contribution in [2.45, 2.75) is 28.0 Å². The number of primary amides is 1. The minimum Gasteiger partial charge on any atom is -0.397 e. The minimum atomic E-state index is -4.81. The average molecular weight is 895 g/mol. The lowest BCUT2D eigenvalue weighted by atomic mass is 10.1. The highest BCUT2D eigenvalue weighted by Crippen LogP contribution is 2.36. The van der Waals surface area contributed by atoms with Crippen molar-refractivity contribution in [1.82, 2.24) is 0 Å². The normalized spacial score (nSPS) is 11.5. The highest BCUT2D eigenvalue weighted by molar-refractivity contribution is 7.91. The number of aryl methyl sites for hydroxylation is 1. The van der Waals surface area contributed by atoms with Crippen LogP contribution in [0.25, 0.3) is 10.8 Å². The molecule has 57 heavy (non-hydrogen) atoms. The summed E-state index contributed by atoms with van der Waals surface area (Å²) in [6.07, 6.45) is -0.173. The summed E-state index contributed by atoms with van der Waals surface area (Å²) >= 11 is 0. The molecule has 0 saturated heterocycles. The summed E-state index contributed by atoms with van der Waals surface area (Å²) < 4.78 is 133. The Bertz CT molecular complexity index is 2690. The molecule has 0 unspecified atom stereocenters. The van der Waals surface area contributed by atoms with Crippen LogP contribution in [0.1, 0.15) is 11.1 Å². The van der Waals surface area contributed by atoms with Gasteiger partial charge in [-0.05, 0) is 65.9 Å². The van der Waals surface area contributed by atoms with E-state index >= 15 is 0 Å². The van der Waals surface area contributed by atoms with E-state index in [0.717, 1.165) is 5.56 Å². The quantitative estimate of drug-likeness (QED) is 0.0761. The van der Waals surface area contributed by atoms with E-state index in [0.29, 0.717) is 11.3 Å². The number of nitrogens with zero attached hydrogens (tertiary/aromatic N) is 4. The van der Waals surface area contributed by atoms with Gasteiger partial charge in [-0.2, -0.15) is 18.6 Å². The second-order valence-electron chi connectivity index (χ2n) is 10.7. The van der Waals surface area contributed by atoms with Crippen LogP contribution in [0.15, 0.2) is 102 Å². The second kappa shape index (κ2) is 22.4. The minimum absolute atomic E-state index is 0.00953. The number of nitrogen functional groups attached to an aromatic ring is 1. The van der Waals surface area contributed by atoms with E-state index in [1.54, 1.807) is 32.2 Å². The molecule has 0 aliphatic heterocycles. The van der Waals surface area contributed by atoms with E-state index < -0.39 is 74.2 Å². The van der Waals surface area contributed by atoms with Crippen LogP contribution in [0.5, 0.6) is 0 Å². The Morgan fingerprint density at radius 3 is 1.70 bits per heavy atom. The summed E-state index contributed by atoms with van der Waals surface area (Å²) in [6.45, 7) is 0.816. The van der Waals surface area contributed by atoms with E-state index in [-0.39, 0.29) is 56.4 Å². The summed E-state index contributed by atoms with van der Waals surface area (Å²) in [6, 6.07) is 15.6.